The molecule has 4 nitrogen and oxygen atoms in total. The summed E-state index contributed by atoms with van der Waals surface area (Å²) in [5, 5.41) is 0. The van der Waals surface area contributed by atoms with Crippen molar-refractivity contribution in [2.45, 2.75) is 20.3 Å². The van der Waals surface area contributed by atoms with Crippen LogP contribution in [0.25, 0.3) is 0 Å². The molecule has 0 aromatic heterocycles. The van der Waals surface area contributed by atoms with E-state index in [0.717, 1.165) is 16.9 Å². The molecule has 4 heteroatoms. The largest absolute Gasteiger partial charge is 0.457 e. The van der Waals surface area contributed by atoms with Crippen LogP contribution < -0.4 is 9.64 Å². The van der Waals surface area contributed by atoms with Crippen LogP contribution >= 0.6 is 0 Å². The minimum Gasteiger partial charge on any atom is -0.457 e. The van der Waals surface area contributed by atoms with Crippen molar-refractivity contribution in [1.29, 1.82) is 0 Å². The number of ether oxygens (including phenoxy) is 1. The maximum Gasteiger partial charge on any atom is 0.238 e. The molecule has 2 aromatic carbocycles. The van der Waals surface area contributed by atoms with Crippen molar-refractivity contribution in [3.8, 4) is 11.5 Å². The first-order valence-corrected chi connectivity index (χ1v) is 10.4. The highest BCUT2D eigenvalue weighted by molar-refractivity contribution is 6.22. The van der Waals surface area contributed by atoms with Gasteiger partial charge in [0, 0.05) is 0 Å². The summed E-state index contributed by atoms with van der Waals surface area (Å²) in [5.74, 6) is 2.87. The highest BCUT2D eigenvalue weighted by Gasteiger charge is 2.67. The van der Waals surface area contributed by atoms with Gasteiger partial charge < -0.3 is 4.74 Å². The second-order valence-electron chi connectivity index (χ2n) is 9.09. The summed E-state index contributed by atoms with van der Waals surface area (Å²) >= 11 is 0. The number of imide groups is 1. The Kier molecular flexibility index (Phi) is 3.41. The minimum absolute atomic E-state index is 0.0207. The quantitative estimate of drug-likeness (QED) is 0.571. The van der Waals surface area contributed by atoms with E-state index in [1.807, 2.05) is 50.2 Å². The van der Waals surface area contributed by atoms with Gasteiger partial charge in [0.2, 0.25) is 11.8 Å². The van der Waals surface area contributed by atoms with Gasteiger partial charge in [0.1, 0.15) is 11.5 Å². The molecule has 5 aliphatic rings. The fourth-order valence-corrected chi connectivity index (χ4v) is 6.00. The fourth-order valence-electron chi connectivity index (χ4n) is 6.00. The second-order valence-corrected chi connectivity index (χ2v) is 9.09. The van der Waals surface area contributed by atoms with Crippen LogP contribution in [0.15, 0.2) is 54.6 Å². The van der Waals surface area contributed by atoms with Crippen LogP contribution in [-0.4, -0.2) is 11.8 Å². The molecule has 2 saturated carbocycles. The van der Waals surface area contributed by atoms with E-state index in [0.29, 0.717) is 23.3 Å². The van der Waals surface area contributed by atoms with Gasteiger partial charge >= 0.3 is 0 Å². The maximum absolute atomic E-state index is 13.2. The standard InChI is InChI=1S/C25H23NO3/c1-13-9-14(2)11-17(10-13)29-16-5-3-15(4-6-16)26-24(27)22-18-7-8-19(21-12-20(18)21)23(22)25(26)28/h3-11,18-23H,12H2,1-2H3. The summed E-state index contributed by atoms with van der Waals surface area (Å²) in [4.78, 5) is 27.8. The first-order chi connectivity index (χ1) is 14.0. The number of allylic oxidation sites excluding steroid dienone is 2. The molecule has 1 heterocycles. The highest BCUT2D eigenvalue weighted by Crippen LogP contribution is 2.65. The zero-order valence-corrected chi connectivity index (χ0v) is 16.5. The number of rotatable bonds is 3. The lowest BCUT2D eigenvalue weighted by molar-refractivity contribution is -0.124. The topological polar surface area (TPSA) is 46.6 Å². The molecule has 6 atom stereocenters. The summed E-state index contributed by atoms with van der Waals surface area (Å²) in [6.07, 6.45) is 5.59. The summed E-state index contributed by atoms with van der Waals surface area (Å²) in [7, 11) is 0. The fraction of sp³-hybridized carbons (Fsp3) is 0.360. The lowest BCUT2D eigenvalue weighted by Gasteiger charge is -2.37. The molecular formula is C25H23NO3. The van der Waals surface area contributed by atoms with E-state index in [2.05, 4.69) is 18.2 Å². The monoisotopic (exact) mass is 385 g/mol. The van der Waals surface area contributed by atoms with Crippen LogP contribution in [0.4, 0.5) is 5.69 Å². The normalized spacial score (nSPS) is 33.7. The first-order valence-electron chi connectivity index (χ1n) is 10.4. The molecule has 2 bridgehead atoms. The molecule has 0 radical (unpaired) electrons. The molecule has 3 fully saturated rings. The molecule has 146 valence electrons. The number of benzene rings is 2. The Morgan fingerprint density at radius 1 is 0.793 bits per heavy atom. The van der Waals surface area contributed by atoms with Gasteiger partial charge in [-0.05, 0) is 91.5 Å². The molecule has 2 amide bonds. The summed E-state index contributed by atoms with van der Waals surface area (Å²) < 4.78 is 5.97. The van der Waals surface area contributed by atoms with Crippen LogP contribution in [0.2, 0.25) is 0 Å². The third-order valence-corrected chi connectivity index (χ3v) is 7.19. The second kappa shape index (κ2) is 5.82. The SMILES string of the molecule is Cc1cc(C)cc(Oc2ccc(N3C(=O)C4C5C=CC(C6CC56)C4C3=O)cc2)c1. The van der Waals surface area contributed by atoms with Gasteiger partial charge in [-0.1, -0.05) is 18.2 Å². The van der Waals surface area contributed by atoms with Crippen LogP contribution in [-0.2, 0) is 9.59 Å². The zero-order chi connectivity index (χ0) is 19.9. The molecule has 0 spiro atoms. The summed E-state index contributed by atoms with van der Waals surface area (Å²) in [6.45, 7) is 4.08. The number of anilines is 1. The van der Waals surface area contributed by atoms with E-state index in [1.54, 1.807) is 0 Å². The van der Waals surface area contributed by atoms with Gasteiger partial charge in [0.05, 0.1) is 17.5 Å². The third kappa shape index (κ3) is 2.44. The van der Waals surface area contributed by atoms with Gasteiger partial charge in [-0.15, -0.1) is 0 Å². The van der Waals surface area contributed by atoms with Crippen molar-refractivity contribution in [3.05, 3.63) is 65.7 Å². The Hall–Kier alpha value is -2.88. The molecule has 4 aliphatic carbocycles. The van der Waals surface area contributed by atoms with Crippen LogP contribution in [0.5, 0.6) is 11.5 Å². The van der Waals surface area contributed by atoms with Crippen molar-refractivity contribution >= 4 is 17.5 Å². The van der Waals surface area contributed by atoms with Crippen LogP contribution in [0, 0.1) is 49.4 Å². The number of amides is 2. The van der Waals surface area contributed by atoms with E-state index in [-0.39, 0.29) is 35.5 Å². The van der Waals surface area contributed by atoms with E-state index in [9.17, 15) is 9.59 Å². The Labute approximate surface area is 170 Å². The molecule has 1 saturated heterocycles. The van der Waals surface area contributed by atoms with Crippen molar-refractivity contribution in [2.24, 2.45) is 35.5 Å². The lowest BCUT2D eigenvalue weighted by Crippen LogP contribution is -2.40. The predicted molar refractivity (Wildman–Crippen MR) is 110 cm³/mol. The van der Waals surface area contributed by atoms with Gasteiger partial charge in [0.25, 0.3) is 0 Å². The van der Waals surface area contributed by atoms with Crippen LogP contribution in [0.3, 0.4) is 0 Å². The number of hydrogen-bond donors (Lipinski definition) is 0. The van der Waals surface area contributed by atoms with Gasteiger partial charge in [-0.25, -0.2) is 0 Å². The Morgan fingerprint density at radius 2 is 1.34 bits per heavy atom. The van der Waals surface area contributed by atoms with Gasteiger partial charge in [-0.2, -0.15) is 0 Å². The maximum atomic E-state index is 13.2. The van der Waals surface area contributed by atoms with E-state index < -0.39 is 0 Å². The molecule has 2 aromatic rings. The number of carbonyl (C=O) groups is 2. The molecule has 7 rings (SSSR count). The number of nitrogens with zero attached hydrogens (tertiary/aromatic N) is 1. The van der Waals surface area contributed by atoms with Crippen LogP contribution in [0.1, 0.15) is 17.5 Å². The Morgan fingerprint density at radius 3 is 1.90 bits per heavy atom. The Balaban J connectivity index is 1.26. The highest BCUT2D eigenvalue weighted by atomic mass is 16.5. The summed E-state index contributed by atoms with van der Waals surface area (Å²) in [5.41, 5.74) is 2.94. The number of hydrogen-bond acceptors (Lipinski definition) is 3. The minimum atomic E-state index is -0.160. The first kappa shape index (κ1) is 17.0. The van der Waals surface area contributed by atoms with E-state index >= 15 is 0 Å². The van der Waals surface area contributed by atoms with E-state index in [4.69, 9.17) is 4.74 Å². The average Bonchev–Trinajstić information content (AvgIpc) is 3.46. The van der Waals surface area contributed by atoms with Gasteiger partial charge in [0.15, 0.2) is 0 Å². The van der Waals surface area contributed by atoms with E-state index in [1.165, 1.54) is 11.3 Å². The van der Waals surface area contributed by atoms with Crippen molar-refractivity contribution < 1.29 is 14.3 Å². The molecule has 1 aliphatic heterocycles. The van der Waals surface area contributed by atoms with Crippen molar-refractivity contribution in [3.63, 3.8) is 0 Å². The number of carbonyl (C=O) groups excluding carboxylic acids is 2. The zero-order valence-electron chi connectivity index (χ0n) is 16.5. The third-order valence-electron chi connectivity index (χ3n) is 7.19. The molecule has 0 N–H and O–H groups in total. The van der Waals surface area contributed by atoms with Crippen molar-refractivity contribution in [1.82, 2.24) is 0 Å². The average molecular weight is 385 g/mol. The smallest absolute Gasteiger partial charge is 0.238 e. The van der Waals surface area contributed by atoms with Gasteiger partial charge in [-0.3, -0.25) is 14.5 Å². The molecule has 29 heavy (non-hydrogen) atoms. The lowest BCUT2D eigenvalue weighted by atomic mass is 9.63. The molecule has 6 unspecified atom stereocenters. The molecular weight excluding hydrogens is 362 g/mol. The van der Waals surface area contributed by atoms with Crippen molar-refractivity contribution in [2.75, 3.05) is 4.90 Å². The Bertz CT molecular complexity index is 1010. The predicted octanol–water partition coefficient (Wildman–Crippen LogP) is 4.65. The summed E-state index contributed by atoms with van der Waals surface area (Å²) in [6, 6.07) is 13.4. The number of aryl methyl sites for hydroxylation is 2.